The topological polar surface area (TPSA) is 86.5 Å². The van der Waals surface area contributed by atoms with Crippen LogP contribution in [0.15, 0.2) is 41.3 Å². The molecule has 0 saturated carbocycles. The second-order valence-corrected chi connectivity index (χ2v) is 7.33. The van der Waals surface area contributed by atoms with Gasteiger partial charge in [-0.1, -0.05) is 6.07 Å². The third-order valence-corrected chi connectivity index (χ3v) is 5.15. The van der Waals surface area contributed by atoms with E-state index in [0.717, 1.165) is 0 Å². The molecule has 122 valence electrons. The average Bonchev–Trinajstić information content (AvgIpc) is 2.82. The Morgan fingerprint density at radius 1 is 1.04 bits per heavy atom. The summed E-state index contributed by atoms with van der Waals surface area (Å²) < 4.78 is 42.7. The van der Waals surface area contributed by atoms with Gasteiger partial charge in [-0.15, -0.1) is 0 Å². The van der Waals surface area contributed by atoms with E-state index >= 15 is 0 Å². The van der Waals surface area contributed by atoms with Crippen molar-refractivity contribution in [1.29, 1.82) is 0 Å². The number of ether oxygens (including phenoxy) is 1. The fourth-order valence-electron chi connectivity index (χ4n) is 3.14. The third kappa shape index (κ3) is 2.02. The van der Waals surface area contributed by atoms with E-state index in [0.29, 0.717) is 32.9 Å². The Morgan fingerprint density at radius 3 is 2.46 bits per heavy atom. The summed E-state index contributed by atoms with van der Waals surface area (Å²) >= 11 is 0. The zero-order valence-electron chi connectivity index (χ0n) is 12.5. The maximum Gasteiger partial charge on any atom is 0.238 e. The maximum absolute atomic E-state index is 13.7. The number of benzene rings is 3. The van der Waals surface area contributed by atoms with Gasteiger partial charge in [0.1, 0.15) is 11.6 Å². The predicted molar refractivity (Wildman–Crippen MR) is 87.2 cm³/mol. The van der Waals surface area contributed by atoms with Gasteiger partial charge in [-0.3, -0.25) is 4.79 Å². The predicted octanol–water partition coefficient (Wildman–Crippen LogP) is 2.74. The standard InChI is InChI=1S/C17H12FNO4S/c1-8-16(20)15-14-6-9(18)2-4-11(14)13-7-10(24(19,21)22)3-5-12(13)17(15)23-8/h2-8H,1H3,(H2,19,21,22). The van der Waals surface area contributed by atoms with Crippen LogP contribution in [0.25, 0.3) is 21.5 Å². The van der Waals surface area contributed by atoms with E-state index < -0.39 is 21.9 Å². The van der Waals surface area contributed by atoms with Crippen molar-refractivity contribution in [3.63, 3.8) is 0 Å². The van der Waals surface area contributed by atoms with E-state index in [4.69, 9.17) is 9.88 Å². The van der Waals surface area contributed by atoms with Crippen LogP contribution < -0.4 is 9.88 Å². The van der Waals surface area contributed by atoms with Gasteiger partial charge in [0.2, 0.25) is 15.8 Å². The fourth-order valence-corrected chi connectivity index (χ4v) is 3.68. The minimum absolute atomic E-state index is 0.0575. The Hall–Kier alpha value is -2.51. The first kappa shape index (κ1) is 15.0. The van der Waals surface area contributed by atoms with Gasteiger partial charge in [0, 0.05) is 5.39 Å². The third-order valence-electron chi connectivity index (χ3n) is 4.24. The maximum atomic E-state index is 13.7. The molecule has 1 atom stereocenters. The minimum Gasteiger partial charge on any atom is -0.481 e. The van der Waals surface area contributed by atoms with Crippen molar-refractivity contribution in [2.45, 2.75) is 17.9 Å². The number of rotatable bonds is 1. The van der Waals surface area contributed by atoms with Crippen LogP contribution in [0.2, 0.25) is 0 Å². The van der Waals surface area contributed by atoms with Gasteiger partial charge in [0.05, 0.1) is 10.5 Å². The zero-order valence-corrected chi connectivity index (χ0v) is 13.4. The van der Waals surface area contributed by atoms with Crippen LogP contribution in [0.1, 0.15) is 17.3 Å². The molecule has 0 saturated heterocycles. The van der Waals surface area contributed by atoms with E-state index in [-0.39, 0.29) is 10.7 Å². The van der Waals surface area contributed by atoms with Gasteiger partial charge < -0.3 is 4.74 Å². The molecule has 2 N–H and O–H groups in total. The summed E-state index contributed by atoms with van der Waals surface area (Å²) in [4.78, 5) is 12.4. The number of nitrogens with two attached hydrogens (primary N) is 1. The highest BCUT2D eigenvalue weighted by Gasteiger charge is 2.33. The Labute approximate surface area is 136 Å². The van der Waals surface area contributed by atoms with Crippen molar-refractivity contribution in [2.24, 2.45) is 5.14 Å². The van der Waals surface area contributed by atoms with E-state index in [2.05, 4.69) is 0 Å². The number of carbonyl (C=O) groups excluding carboxylic acids is 1. The van der Waals surface area contributed by atoms with Crippen LogP contribution in [-0.4, -0.2) is 20.3 Å². The first-order valence-electron chi connectivity index (χ1n) is 7.20. The molecule has 0 aromatic heterocycles. The Kier molecular flexibility index (Phi) is 2.98. The smallest absolute Gasteiger partial charge is 0.238 e. The van der Waals surface area contributed by atoms with Crippen LogP contribution in [0.5, 0.6) is 5.75 Å². The first-order valence-corrected chi connectivity index (χ1v) is 8.74. The van der Waals surface area contributed by atoms with Gasteiger partial charge in [-0.25, -0.2) is 17.9 Å². The summed E-state index contributed by atoms with van der Waals surface area (Å²) in [5.74, 6) is -0.362. The van der Waals surface area contributed by atoms with E-state index in [1.54, 1.807) is 13.0 Å². The van der Waals surface area contributed by atoms with Gasteiger partial charge in [-0.05, 0) is 53.4 Å². The molecule has 0 radical (unpaired) electrons. The molecular formula is C17H12FNO4S. The second-order valence-electron chi connectivity index (χ2n) is 5.77. The summed E-state index contributed by atoms with van der Waals surface area (Å²) in [6.07, 6.45) is -0.671. The molecule has 24 heavy (non-hydrogen) atoms. The molecular weight excluding hydrogens is 333 g/mol. The zero-order chi connectivity index (χ0) is 17.2. The molecule has 0 aliphatic carbocycles. The number of halogens is 1. The molecule has 4 rings (SSSR count). The van der Waals surface area contributed by atoms with E-state index in [1.165, 1.54) is 30.3 Å². The Bertz CT molecular complexity index is 1150. The highest BCUT2D eigenvalue weighted by molar-refractivity contribution is 7.89. The lowest BCUT2D eigenvalue weighted by molar-refractivity contribution is 0.0880. The van der Waals surface area contributed by atoms with Crippen LogP contribution in [0.4, 0.5) is 4.39 Å². The normalized spacial score (nSPS) is 17.3. The minimum atomic E-state index is -3.89. The van der Waals surface area contributed by atoms with Crippen LogP contribution in [0.3, 0.4) is 0 Å². The van der Waals surface area contributed by atoms with Crippen molar-refractivity contribution >= 4 is 37.4 Å². The van der Waals surface area contributed by atoms with Crippen LogP contribution >= 0.6 is 0 Å². The molecule has 0 fully saturated rings. The molecule has 0 bridgehead atoms. The van der Waals surface area contributed by atoms with E-state index in [1.807, 2.05) is 0 Å². The quantitative estimate of drug-likeness (QED) is 0.687. The monoisotopic (exact) mass is 345 g/mol. The number of hydrogen-bond donors (Lipinski definition) is 1. The van der Waals surface area contributed by atoms with Crippen molar-refractivity contribution in [3.05, 3.63) is 47.8 Å². The summed E-state index contributed by atoms with van der Waals surface area (Å²) in [5.41, 5.74) is 0.327. The molecule has 3 aromatic carbocycles. The summed E-state index contributed by atoms with van der Waals surface area (Å²) in [6.45, 7) is 1.62. The number of ketones is 1. The molecule has 1 heterocycles. The Balaban J connectivity index is 2.24. The lowest BCUT2D eigenvalue weighted by Crippen LogP contribution is -2.14. The molecule has 0 spiro atoms. The fraction of sp³-hybridized carbons (Fsp3) is 0.118. The van der Waals surface area contributed by atoms with Gasteiger partial charge >= 0.3 is 0 Å². The molecule has 3 aromatic rings. The molecule has 1 unspecified atom stereocenters. The first-order chi connectivity index (χ1) is 11.3. The van der Waals surface area contributed by atoms with Crippen molar-refractivity contribution < 1.29 is 22.3 Å². The number of sulfonamides is 1. The van der Waals surface area contributed by atoms with Crippen molar-refractivity contribution in [3.8, 4) is 5.75 Å². The highest BCUT2D eigenvalue weighted by atomic mass is 32.2. The van der Waals surface area contributed by atoms with Gasteiger partial charge in [0.15, 0.2) is 6.10 Å². The lowest BCUT2D eigenvalue weighted by atomic mass is 9.94. The largest absolute Gasteiger partial charge is 0.481 e. The second kappa shape index (κ2) is 4.75. The number of Topliss-reactive ketones (excluding diaryl/α,β-unsaturated/α-hetero) is 1. The van der Waals surface area contributed by atoms with Crippen LogP contribution in [0, 0.1) is 5.82 Å². The Morgan fingerprint density at radius 2 is 1.75 bits per heavy atom. The number of hydrogen-bond acceptors (Lipinski definition) is 4. The molecule has 1 aliphatic heterocycles. The lowest BCUT2D eigenvalue weighted by Gasteiger charge is -2.11. The van der Waals surface area contributed by atoms with Crippen molar-refractivity contribution in [2.75, 3.05) is 0 Å². The molecule has 0 amide bonds. The van der Waals surface area contributed by atoms with Gasteiger partial charge in [0.25, 0.3) is 0 Å². The summed E-state index contributed by atoms with van der Waals surface area (Å²) in [6, 6.07) is 8.39. The van der Waals surface area contributed by atoms with Gasteiger partial charge in [-0.2, -0.15) is 0 Å². The SMILES string of the molecule is CC1Oc2c(c3cc(F)ccc3c3cc(S(N)(=O)=O)ccc23)C1=O. The summed E-state index contributed by atoms with van der Waals surface area (Å²) in [5, 5.41) is 7.30. The molecule has 7 heteroatoms. The molecule has 5 nitrogen and oxygen atoms in total. The number of fused-ring (bicyclic) bond motifs is 6. The van der Waals surface area contributed by atoms with E-state index in [9.17, 15) is 17.6 Å². The average molecular weight is 345 g/mol. The van der Waals surface area contributed by atoms with Crippen molar-refractivity contribution in [1.82, 2.24) is 0 Å². The number of primary sulfonamides is 1. The highest BCUT2D eigenvalue weighted by Crippen LogP contribution is 2.43. The molecule has 1 aliphatic rings. The summed E-state index contributed by atoms with van der Waals surface area (Å²) in [7, 11) is -3.89. The number of carbonyl (C=O) groups is 1. The van der Waals surface area contributed by atoms with Crippen LogP contribution in [-0.2, 0) is 10.0 Å².